The first-order valence-corrected chi connectivity index (χ1v) is 11.5. The fourth-order valence-electron chi connectivity index (χ4n) is 3.11. The predicted molar refractivity (Wildman–Crippen MR) is 114 cm³/mol. The van der Waals surface area contributed by atoms with E-state index in [1.807, 2.05) is 6.07 Å². The number of rotatable bonds is 8. The van der Waals surface area contributed by atoms with Crippen molar-refractivity contribution in [3.63, 3.8) is 0 Å². The molecular weight excluding hydrogens is 434 g/mol. The molecule has 32 heavy (non-hydrogen) atoms. The molecule has 10 heteroatoms. The molecule has 1 atom stereocenters. The highest BCUT2D eigenvalue weighted by molar-refractivity contribution is 7.89. The fourth-order valence-corrected chi connectivity index (χ4v) is 4.14. The van der Waals surface area contributed by atoms with Crippen molar-refractivity contribution in [1.29, 1.82) is 5.26 Å². The average Bonchev–Trinajstić information content (AvgIpc) is 2.83. The number of carbonyl (C=O) groups excluding carboxylic acids is 2. The summed E-state index contributed by atoms with van der Waals surface area (Å²) in [6, 6.07) is 15.8. The van der Waals surface area contributed by atoms with Gasteiger partial charge in [0, 0.05) is 31.6 Å². The molecule has 9 nitrogen and oxygen atoms in total. The highest BCUT2D eigenvalue weighted by atomic mass is 32.2. The maximum absolute atomic E-state index is 13.1. The number of nitrogens with zero attached hydrogens (tertiary/aromatic N) is 2. The quantitative estimate of drug-likeness (QED) is 0.472. The van der Waals surface area contributed by atoms with Crippen LogP contribution in [-0.2, 0) is 24.3 Å². The number of amides is 1. The van der Waals surface area contributed by atoms with Gasteiger partial charge in [0.15, 0.2) is 0 Å². The Balaban J connectivity index is 1.76. The van der Waals surface area contributed by atoms with Gasteiger partial charge in [-0.1, -0.05) is 30.3 Å². The van der Waals surface area contributed by atoms with Gasteiger partial charge < -0.3 is 14.4 Å². The van der Waals surface area contributed by atoms with Crippen LogP contribution in [0.4, 0.5) is 0 Å². The molecule has 2 aromatic rings. The number of esters is 1. The lowest BCUT2D eigenvalue weighted by atomic mass is 10.1. The van der Waals surface area contributed by atoms with Gasteiger partial charge in [-0.2, -0.15) is 5.26 Å². The predicted octanol–water partition coefficient (Wildman–Crippen LogP) is 1.64. The molecule has 1 N–H and O–H groups in total. The summed E-state index contributed by atoms with van der Waals surface area (Å²) in [6.45, 7) is 1.64. The van der Waals surface area contributed by atoms with Crippen molar-refractivity contribution in [2.24, 2.45) is 0 Å². The molecular formula is C22H23N3O6S. The SMILES string of the molecule is N#CCCNS(=O)(=O)c1ccc(C(=O)O[C@H](C(=O)N2CCOCC2)c2ccccc2)cc1. The Hall–Kier alpha value is -3.26. The van der Waals surface area contributed by atoms with Crippen molar-refractivity contribution in [3.05, 3.63) is 65.7 Å². The maximum atomic E-state index is 13.1. The van der Waals surface area contributed by atoms with Crippen molar-refractivity contribution in [3.8, 4) is 6.07 Å². The highest BCUT2D eigenvalue weighted by Gasteiger charge is 2.31. The molecule has 2 aromatic carbocycles. The zero-order valence-corrected chi connectivity index (χ0v) is 18.1. The summed E-state index contributed by atoms with van der Waals surface area (Å²) < 4.78 is 37.6. The number of hydrogen-bond acceptors (Lipinski definition) is 7. The number of benzene rings is 2. The minimum Gasteiger partial charge on any atom is -0.444 e. The monoisotopic (exact) mass is 457 g/mol. The summed E-state index contributed by atoms with van der Waals surface area (Å²) in [7, 11) is -3.79. The maximum Gasteiger partial charge on any atom is 0.339 e. The van der Waals surface area contributed by atoms with E-state index in [0.29, 0.717) is 31.9 Å². The zero-order chi connectivity index (χ0) is 23.0. The lowest BCUT2D eigenvalue weighted by Crippen LogP contribution is -2.44. The summed E-state index contributed by atoms with van der Waals surface area (Å²) in [5.41, 5.74) is 0.648. The molecule has 1 heterocycles. The standard InChI is InChI=1S/C22H23N3O6S/c23-11-4-12-24-32(28,29)19-9-7-18(8-10-19)22(27)31-20(17-5-2-1-3-6-17)21(26)25-13-15-30-16-14-25/h1-3,5-10,20,24H,4,12-16H2/t20-/m0/s1. The largest absolute Gasteiger partial charge is 0.444 e. The summed E-state index contributed by atoms with van der Waals surface area (Å²) in [4.78, 5) is 27.4. The van der Waals surface area contributed by atoms with Crippen LogP contribution in [0.1, 0.15) is 28.4 Å². The molecule has 1 saturated heterocycles. The number of sulfonamides is 1. The van der Waals surface area contributed by atoms with Crippen LogP contribution in [0.15, 0.2) is 59.5 Å². The third-order valence-electron chi connectivity index (χ3n) is 4.80. The Morgan fingerprint density at radius 3 is 2.38 bits per heavy atom. The number of hydrogen-bond donors (Lipinski definition) is 1. The molecule has 1 aliphatic rings. The first kappa shape index (κ1) is 23.4. The van der Waals surface area contributed by atoms with Crippen LogP contribution >= 0.6 is 0 Å². The van der Waals surface area contributed by atoms with Crippen LogP contribution in [0.3, 0.4) is 0 Å². The molecule has 168 valence electrons. The van der Waals surface area contributed by atoms with Crippen LogP contribution < -0.4 is 4.72 Å². The van der Waals surface area contributed by atoms with Gasteiger partial charge in [-0.25, -0.2) is 17.9 Å². The number of morpholine rings is 1. The van der Waals surface area contributed by atoms with Crippen LogP contribution in [0.5, 0.6) is 0 Å². The third-order valence-corrected chi connectivity index (χ3v) is 6.28. The Bertz CT molecular complexity index is 1070. The second kappa shape index (κ2) is 10.9. The molecule has 3 rings (SSSR count). The van der Waals surface area contributed by atoms with Gasteiger partial charge in [0.05, 0.1) is 29.7 Å². The second-order valence-electron chi connectivity index (χ2n) is 6.96. The summed E-state index contributed by atoms with van der Waals surface area (Å²) >= 11 is 0. The van der Waals surface area contributed by atoms with E-state index in [4.69, 9.17) is 14.7 Å². The first-order chi connectivity index (χ1) is 15.4. The van der Waals surface area contributed by atoms with Crippen LogP contribution in [0.25, 0.3) is 0 Å². The second-order valence-corrected chi connectivity index (χ2v) is 8.73. The lowest BCUT2D eigenvalue weighted by molar-refractivity contribution is -0.145. The zero-order valence-electron chi connectivity index (χ0n) is 17.3. The van der Waals surface area contributed by atoms with Gasteiger partial charge in [-0.3, -0.25) is 4.79 Å². The van der Waals surface area contributed by atoms with E-state index < -0.39 is 22.1 Å². The summed E-state index contributed by atoms with van der Waals surface area (Å²) in [5.74, 6) is -1.09. The molecule has 1 aliphatic heterocycles. The van der Waals surface area contributed by atoms with E-state index in [9.17, 15) is 18.0 Å². The van der Waals surface area contributed by atoms with Crippen molar-refractivity contribution in [1.82, 2.24) is 9.62 Å². The number of nitriles is 1. The molecule has 0 radical (unpaired) electrons. The summed E-state index contributed by atoms with van der Waals surface area (Å²) in [5, 5.41) is 8.54. The smallest absolute Gasteiger partial charge is 0.339 e. The van der Waals surface area contributed by atoms with Gasteiger partial charge in [-0.05, 0) is 24.3 Å². The van der Waals surface area contributed by atoms with E-state index >= 15 is 0 Å². The van der Waals surface area contributed by atoms with E-state index in [1.165, 1.54) is 24.3 Å². The van der Waals surface area contributed by atoms with Crippen LogP contribution in [-0.4, -0.2) is 58.0 Å². The minimum atomic E-state index is -3.79. The van der Waals surface area contributed by atoms with Gasteiger partial charge in [-0.15, -0.1) is 0 Å². The molecule has 0 bridgehead atoms. The van der Waals surface area contributed by atoms with Crippen molar-refractivity contribution in [2.75, 3.05) is 32.8 Å². The molecule has 0 unspecified atom stereocenters. The minimum absolute atomic E-state index is 0.00890. The Labute approximate surface area is 186 Å². The van der Waals surface area contributed by atoms with E-state index in [-0.39, 0.29) is 29.3 Å². The number of nitrogens with one attached hydrogen (secondary N) is 1. The highest BCUT2D eigenvalue weighted by Crippen LogP contribution is 2.23. The Morgan fingerprint density at radius 1 is 1.09 bits per heavy atom. The molecule has 0 aromatic heterocycles. The Kier molecular flexibility index (Phi) is 7.94. The van der Waals surface area contributed by atoms with Gasteiger partial charge in [0.2, 0.25) is 16.1 Å². The van der Waals surface area contributed by atoms with Crippen LogP contribution in [0, 0.1) is 11.3 Å². The van der Waals surface area contributed by atoms with Crippen LogP contribution in [0.2, 0.25) is 0 Å². The van der Waals surface area contributed by atoms with Gasteiger partial charge >= 0.3 is 5.97 Å². The topological polar surface area (TPSA) is 126 Å². The summed E-state index contributed by atoms with van der Waals surface area (Å²) in [6.07, 6.45) is -1.08. The van der Waals surface area contributed by atoms with Gasteiger partial charge in [0.1, 0.15) is 0 Å². The van der Waals surface area contributed by atoms with E-state index in [2.05, 4.69) is 4.72 Å². The normalized spacial score (nSPS) is 14.9. The fraction of sp³-hybridized carbons (Fsp3) is 0.318. The third kappa shape index (κ3) is 5.91. The Morgan fingerprint density at radius 2 is 1.75 bits per heavy atom. The molecule has 0 saturated carbocycles. The van der Waals surface area contributed by atoms with E-state index in [0.717, 1.165) is 0 Å². The number of carbonyl (C=O) groups is 2. The van der Waals surface area contributed by atoms with E-state index in [1.54, 1.807) is 35.2 Å². The lowest BCUT2D eigenvalue weighted by Gasteiger charge is -2.30. The molecule has 1 amide bonds. The molecule has 0 spiro atoms. The first-order valence-electron chi connectivity index (χ1n) is 10.0. The average molecular weight is 458 g/mol. The molecule has 0 aliphatic carbocycles. The molecule has 1 fully saturated rings. The van der Waals surface area contributed by atoms with Crippen molar-refractivity contribution >= 4 is 21.9 Å². The van der Waals surface area contributed by atoms with Gasteiger partial charge in [0.25, 0.3) is 5.91 Å². The number of ether oxygens (including phenoxy) is 2. The van der Waals surface area contributed by atoms with Crippen molar-refractivity contribution in [2.45, 2.75) is 17.4 Å². The van der Waals surface area contributed by atoms with Crippen molar-refractivity contribution < 1.29 is 27.5 Å².